The van der Waals surface area contributed by atoms with Crippen molar-refractivity contribution in [3.05, 3.63) is 99.4 Å². The Labute approximate surface area is 295 Å². The number of fused-ring (bicyclic) bond motifs is 2. The van der Waals surface area contributed by atoms with Crippen LogP contribution < -0.4 is 0 Å². The van der Waals surface area contributed by atoms with Crippen LogP contribution in [0.15, 0.2) is 54.6 Å². The van der Waals surface area contributed by atoms with Crippen molar-refractivity contribution in [1.82, 2.24) is 9.88 Å². The van der Waals surface area contributed by atoms with Gasteiger partial charge >= 0.3 is 12.3 Å². The first-order valence-corrected chi connectivity index (χ1v) is 20.8. The summed E-state index contributed by atoms with van der Waals surface area (Å²) in [6.07, 6.45) is -3.19. The van der Waals surface area contributed by atoms with Crippen LogP contribution >= 0.6 is 0 Å². The van der Waals surface area contributed by atoms with Crippen molar-refractivity contribution in [3.8, 4) is 0 Å². The lowest BCUT2D eigenvalue weighted by Crippen LogP contribution is -2.47. The van der Waals surface area contributed by atoms with Crippen molar-refractivity contribution in [1.29, 1.82) is 0 Å². The number of benzene rings is 2. The van der Waals surface area contributed by atoms with Gasteiger partial charge in [0, 0.05) is 29.4 Å². The topological polar surface area (TPSA) is 71.9 Å². The molecule has 0 spiro atoms. The van der Waals surface area contributed by atoms with E-state index < -0.39 is 32.3 Å². The number of ether oxygens (including phenoxy) is 1. The lowest BCUT2D eigenvalue weighted by molar-refractivity contribution is -0.137. The Hall–Kier alpha value is -3.21. The maximum atomic E-state index is 13.6. The van der Waals surface area contributed by atoms with Crippen LogP contribution in [-0.4, -0.2) is 42.0 Å². The number of rotatable bonds is 6. The molecular formula is C40H51F3N2O4Si. The number of amides is 1. The number of pyridine rings is 1. The van der Waals surface area contributed by atoms with Gasteiger partial charge in [-0.1, -0.05) is 77.1 Å². The van der Waals surface area contributed by atoms with Gasteiger partial charge in [-0.25, -0.2) is 4.79 Å². The summed E-state index contributed by atoms with van der Waals surface area (Å²) in [4.78, 5) is 19.5. The van der Waals surface area contributed by atoms with E-state index in [4.69, 9.17) is 14.1 Å². The number of carbonyl (C=O) groups is 1. The number of nitrogens with zero attached hydrogens (tertiary/aromatic N) is 2. The number of piperidine rings is 1. The van der Waals surface area contributed by atoms with E-state index in [1.54, 1.807) is 4.90 Å². The van der Waals surface area contributed by atoms with Gasteiger partial charge in [0.2, 0.25) is 0 Å². The summed E-state index contributed by atoms with van der Waals surface area (Å²) < 4.78 is 54.8. The molecule has 1 aliphatic carbocycles. The van der Waals surface area contributed by atoms with E-state index >= 15 is 0 Å². The van der Waals surface area contributed by atoms with Crippen LogP contribution in [0, 0.1) is 5.41 Å². The van der Waals surface area contributed by atoms with Crippen molar-refractivity contribution in [2.24, 2.45) is 5.41 Å². The largest absolute Gasteiger partial charge is 0.465 e. The average Bonchev–Trinajstić information content (AvgIpc) is 3.34. The third-order valence-corrected chi connectivity index (χ3v) is 16.1. The summed E-state index contributed by atoms with van der Waals surface area (Å²) in [5, 5.41) is 10.3. The van der Waals surface area contributed by atoms with Crippen LogP contribution in [0.3, 0.4) is 0 Å². The first-order chi connectivity index (χ1) is 23.3. The van der Waals surface area contributed by atoms with Crippen molar-refractivity contribution in [2.75, 3.05) is 6.54 Å². The molecule has 3 aliphatic rings. The molecule has 270 valence electrons. The van der Waals surface area contributed by atoms with E-state index in [0.29, 0.717) is 31.4 Å². The monoisotopic (exact) mass is 708 g/mol. The van der Waals surface area contributed by atoms with E-state index in [9.17, 15) is 23.1 Å². The minimum atomic E-state index is -4.45. The Morgan fingerprint density at radius 2 is 1.70 bits per heavy atom. The van der Waals surface area contributed by atoms with Gasteiger partial charge in [-0.3, -0.25) is 4.98 Å². The number of alkyl halides is 3. The van der Waals surface area contributed by atoms with Gasteiger partial charge in [0.25, 0.3) is 0 Å². The van der Waals surface area contributed by atoms with Crippen LogP contribution in [0.1, 0.15) is 130 Å². The molecule has 1 fully saturated rings. The van der Waals surface area contributed by atoms with E-state index in [1.807, 2.05) is 37.3 Å². The number of hydrogen-bond acceptors (Lipinski definition) is 4. The van der Waals surface area contributed by atoms with Gasteiger partial charge in [-0.15, -0.1) is 0 Å². The van der Waals surface area contributed by atoms with Crippen LogP contribution in [0.25, 0.3) is 0 Å². The molecule has 1 N–H and O–H groups in total. The molecule has 3 heterocycles. The molecule has 2 aliphatic heterocycles. The normalized spacial score (nSPS) is 25.3. The SMILES string of the molecule is CC1OC(c2ccc(C(F)(F)F)cc2)c2c1nc1c(c2C2CCN(C(=O)O)C(Cc3ccccc3)C2)[C@@H](O[Si](C)(C)C(C)(C)C)CC(C)(C)C1. The maximum Gasteiger partial charge on any atom is 0.416 e. The van der Waals surface area contributed by atoms with Crippen LogP contribution in [0.5, 0.6) is 0 Å². The molecule has 3 aromatic rings. The predicted octanol–water partition coefficient (Wildman–Crippen LogP) is 10.8. The van der Waals surface area contributed by atoms with Gasteiger partial charge in [0.1, 0.15) is 6.10 Å². The molecule has 1 aromatic heterocycles. The highest BCUT2D eigenvalue weighted by molar-refractivity contribution is 6.74. The Morgan fingerprint density at radius 3 is 2.30 bits per heavy atom. The van der Waals surface area contributed by atoms with Gasteiger partial charge in [0.15, 0.2) is 8.32 Å². The third kappa shape index (κ3) is 7.12. The molecule has 10 heteroatoms. The van der Waals surface area contributed by atoms with E-state index in [2.05, 4.69) is 47.7 Å². The number of carboxylic acid groups (broad SMARTS) is 1. The van der Waals surface area contributed by atoms with Gasteiger partial charge in [-0.2, -0.15) is 13.2 Å². The zero-order valence-corrected chi connectivity index (χ0v) is 31.5. The summed E-state index contributed by atoms with van der Waals surface area (Å²) in [6, 6.07) is 15.0. The Balaban J connectivity index is 1.54. The molecule has 2 aromatic carbocycles. The molecule has 4 unspecified atom stereocenters. The van der Waals surface area contributed by atoms with E-state index in [-0.39, 0.29) is 34.6 Å². The van der Waals surface area contributed by atoms with Crippen molar-refractivity contribution in [3.63, 3.8) is 0 Å². The number of halogens is 3. The summed E-state index contributed by atoms with van der Waals surface area (Å²) in [5.74, 6) is -0.0256. The fraction of sp³-hybridized carbons (Fsp3) is 0.550. The Kier molecular flexibility index (Phi) is 9.57. The first-order valence-electron chi connectivity index (χ1n) is 17.9. The van der Waals surface area contributed by atoms with Gasteiger partial charge in [0.05, 0.1) is 23.5 Å². The highest BCUT2D eigenvalue weighted by Crippen LogP contribution is 2.55. The number of hydrogen-bond donors (Lipinski definition) is 1. The maximum absolute atomic E-state index is 13.6. The van der Waals surface area contributed by atoms with Gasteiger partial charge in [-0.05, 0) is 97.3 Å². The standard InChI is InChI=1S/C40H51F3N2O4Si/c1-24-35-34(36(48-24)26-14-16-28(17-15-26)40(41,42)43)32(27-18-19-45(37(46)47)29(21-27)20-25-12-10-9-11-13-25)33-30(44-35)22-39(5,6)23-31(33)49-50(7,8)38(2,3)4/h9-17,24,27,29,31,36H,18-23H2,1-8H3,(H,46,47)/t24?,27?,29?,31-,36?/m0/s1. The second-order valence-electron chi connectivity index (χ2n) is 16.9. The molecule has 1 saturated heterocycles. The molecule has 0 bridgehead atoms. The smallest absolute Gasteiger partial charge is 0.416 e. The average molecular weight is 709 g/mol. The zero-order chi connectivity index (χ0) is 36.4. The molecule has 6 rings (SSSR count). The molecule has 6 nitrogen and oxygen atoms in total. The zero-order valence-electron chi connectivity index (χ0n) is 30.5. The van der Waals surface area contributed by atoms with E-state index in [0.717, 1.165) is 58.6 Å². The minimum Gasteiger partial charge on any atom is -0.465 e. The fourth-order valence-corrected chi connectivity index (χ4v) is 9.33. The second-order valence-corrected chi connectivity index (χ2v) is 21.7. The summed E-state index contributed by atoms with van der Waals surface area (Å²) >= 11 is 0. The van der Waals surface area contributed by atoms with Crippen LogP contribution in [0.4, 0.5) is 18.0 Å². The summed E-state index contributed by atoms with van der Waals surface area (Å²) in [5.41, 5.74) is 5.90. The fourth-order valence-electron chi connectivity index (χ4n) is 8.06. The van der Waals surface area contributed by atoms with Crippen molar-refractivity contribution < 1.29 is 32.2 Å². The molecule has 0 saturated carbocycles. The molecule has 50 heavy (non-hydrogen) atoms. The quantitative estimate of drug-likeness (QED) is 0.258. The molecule has 0 radical (unpaired) electrons. The molecule has 1 amide bonds. The Morgan fingerprint density at radius 1 is 1.04 bits per heavy atom. The summed E-state index contributed by atoms with van der Waals surface area (Å²) in [7, 11) is -2.28. The highest BCUT2D eigenvalue weighted by Gasteiger charge is 2.48. The van der Waals surface area contributed by atoms with Crippen LogP contribution in [-0.2, 0) is 28.2 Å². The molecular weight excluding hydrogens is 658 g/mol. The second kappa shape index (κ2) is 13.1. The van der Waals surface area contributed by atoms with Gasteiger partial charge < -0.3 is 19.2 Å². The predicted molar refractivity (Wildman–Crippen MR) is 191 cm³/mol. The molecule has 5 atom stereocenters. The van der Waals surface area contributed by atoms with Crippen molar-refractivity contribution in [2.45, 2.75) is 128 Å². The van der Waals surface area contributed by atoms with Crippen molar-refractivity contribution >= 4 is 14.4 Å². The van der Waals surface area contributed by atoms with E-state index in [1.165, 1.54) is 12.1 Å². The van der Waals surface area contributed by atoms with Crippen LogP contribution in [0.2, 0.25) is 18.1 Å². The Bertz CT molecular complexity index is 1720. The first kappa shape index (κ1) is 36.6. The number of likely N-dealkylation sites (tertiary alicyclic amines) is 1. The summed E-state index contributed by atoms with van der Waals surface area (Å²) in [6.45, 7) is 18.1. The highest BCUT2D eigenvalue weighted by atomic mass is 28.4. The lowest BCUT2D eigenvalue weighted by Gasteiger charge is -2.46. The lowest BCUT2D eigenvalue weighted by atomic mass is 9.69. The number of aromatic nitrogens is 1. The third-order valence-electron chi connectivity index (χ3n) is 11.6. The minimum absolute atomic E-state index is 0.0256.